The molecule has 1 aromatic carbocycles. The fourth-order valence-corrected chi connectivity index (χ4v) is 4.22. The number of nitrogens with one attached hydrogen (secondary N) is 2. The van der Waals surface area contributed by atoms with Crippen molar-refractivity contribution in [1.82, 2.24) is 15.5 Å². The largest absolute Gasteiger partial charge is 0.444 e. The second kappa shape index (κ2) is 16.5. The lowest BCUT2D eigenvalue weighted by molar-refractivity contribution is -0.142. The number of unbranched alkanes of at least 4 members (excludes halogenated alkanes) is 3. The molecule has 7 nitrogen and oxygen atoms in total. The molecule has 1 rings (SSSR count). The van der Waals surface area contributed by atoms with Crippen LogP contribution in [0.1, 0.15) is 90.3 Å². The molecule has 1 aromatic rings. The van der Waals surface area contributed by atoms with Gasteiger partial charge in [0.05, 0.1) is 0 Å². The number of rotatable bonds is 15. The Hall–Kier alpha value is -2.22. The number of thioether (sulfide) groups is 1. The molecular weight excluding hydrogens is 474 g/mol. The van der Waals surface area contributed by atoms with E-state index in [9.17, 15) is 14.4 Å². The Bertz CT molecular complexity index is 808. The van der Waals surface area contributed by atoms with Gasteiger partial charge in [0.25, 0.3) is 0 Å². The Morgan fingerprint density at radius 1 is 1.03 bits per heavy atom. The quantitative estimate of drug-likeness (QED) is 0.293. The third kappa shape index (κ3) is 11.7. The summed E-state index contributed by atoms with van der Waals surface area (Å²) in [5.41, 5.74) is 1.17. The van der Waals surface area contributed by atoms with Crippen LogP contribution in [0.3, 0.4) is 0 Å². The van der Waals surface area contributed by atoms with Gasteiger partial charge in [-0.1, -0.05) is 62.9 Å². The normalized spacial score (nSPS) is 13.0. The molecule has 2 unspecified atom stereocenters. The second-order valence-corrected chi connectivity index (χ2v) is 11.2. The van der Waals surface area contributed by atoms with Crippen LogP contribution in [0.2, 0.25) is 0 Å². The first kappa shape index (κ1) is 31.8. The molecule has 0 bridgehead atoms. The molecule has 8 heteroatoms. The van der Waals surface area contributed by atoms with Gasteiger partial charge < -0.3 is 20.3 Å². The van der Waals surface area contributed by atoms with Crippen molar-refractivity contribution in [2.75, 3.05) is 25.1 Å². The van der Waals surface area contributed by atoms with E-state index in [0.29, 0.717) is 25.3 Å². The van der Waals surface area contributed by atoms with Gasteiger partial charge in [0, 0.05) is 13.1 Å². The van der Waals surface area contributed by atoms with Gasteiger partial charge in [-0.05, 0) is 64.5 Å². The molecule has 36 heavy (non-hydrogen) atoms. The molecule has 0 heterocycles. The Kier molecular flexibility index (Phi) is 14.6. The minimum atomic E-state index is -0.787. The van der Waals surface area contributed by atoms with Crippen LogP contribution >= 0.6 is 11.8 Å². The first-order valence-corrected chi connectivity index (χ1v) is 14.6. The number of aryl methyl sites for hydroxylation is 1. The lowest BCUT2D eigenvalue weighted by Crippen LogP contribution is -2.53. The molecule has 3 amide bonds. The van der Waals surface area contributed by atoms with Crippen molar-refractivity contribution in [1.29, 1.82) is 0 Å². The molecule has 0 fully saturated rings. The highest BCUT2D eigenvalue weighted by molar-refractivity contribution is 7.98. The van der Waals surface area contributed by atoms with Crippen molar-refractivity contribution >= 4 is 29.7 Å². The van der Waals surface area contributed by atoms with Crippen LogP contribution in [-0.4, -0.2) is 59.5 Å². The average Bonchev–Trinajstić information content (AvgIpc) is 2.80. The summed E-state index contributed by atoms with van der Waals surface area (Å²) < 4.78 is 5.44. The molecule has 0 aromatic heterocycles. The number of ether oxygens (including phenoxy) is 1. The van der Waals surface area contributed by atoms with Crippen molar-refractivity contribution in [2.24, 2.45) is 0 Å². The predicted octanol–water partition coefficient (Wildman–Crippen LogP) is 5.62. The minimum absolute atomic E-state index is 0.196. The zero-order valence-corrected chi connectivity index (χ0v) is 24.1. The summed E-state index contributed by atoms with van der Waals surface area (Å²) in [7, 11) is 0. The molecule has 0 saturated carbocycles. The minimum Gasteiger partial charge on any atom is -0.444 e. The summed E-state index contributed by atoms with van der Waals surface area (Å²) in [4.78, 5) is 41.8. The Morgan fingerprint density at radius 2 is 1.67 bits per heavy atom. The van der Waals surface area contributed by atoms with Crippen LogP contribution in [0.4, 0.5) is 4.79 Å². The maximum absolute atomic E-state index is 14.0. The molecular formula is C28H47N3O4S. The molecule has 0 aliphatic carbocycles. The summed E-state index contributed by atoms with van der Waals surface area (Å²) in [5.74, 6) is 0.229. The van der Waals surface area contributed by atoms with E-state index in [-0.39, 0.29) is 11.8 Å². The highest BCUT2D eigenvalue weighted by Gasteiger charge is 2.35. The van der Waals surface area contributed by atoms with E-state index in [1.807, 2.05) is 37.4 Å². The molecule has 0 aliphatic heterocycles. The van der Waals surface area contributed by atoms with Crippen LogP contribution in [0, 0.1) is 6.92 Å². The average molecular weight is 522 g/mol. The van der Waals surface area contributed by atoms with Gasteiger partial charge in [0.1, 0.15) is 17.7 Å². The molecule has 0 spiro atoms. The highest BCUT2D eigenvalue weighted by Crippen LogP contribution is 2.25. The number of nitrogens with zero attached hydrogens (tertiary/aromatic N) is 1. The highest BCUT2D eigenvalue weighted by atomic mass is 32.2. The topological polar surface area (TPSA) is 87.7 Å². The van der Waals surface area contributed by atoms with Gasteiger partial charge in [0.2, 0.25) is 11.8 Å². The Balaban J connectivity index is 3.38. The molecule has 0 radical (unpaired) electrons. The fourth-order valence-electron chi connectivity index (χ4n) is 3.75. The Labute approximate surface area is 222 Å². The maximum Gasteiger partial charge on any atom is 0.408 e. The van der Waals surface area contributed by atoms with Crippen molar-refractivity contribution < 1.29 is 19.1 Å². The summed E-state index contributed by atoms with van der Waals surface area (Å²) in [6, 6.07) is 6.19. The summed E-state index contributed by atoms with van der Waals surface area (Å²) in [6.45, 7) is 12.5. The van der Waals surface area contributed by atoms with Crippen LogP contribution in [0.25, 0.3) is 0 Å². The van der Waals surface area contributed by atoms with E-state index in [1.54, 1.807) is 37.4 Å². The first-order chi connectivity index (χ1) is 17.0. The number of benzene rings is 1. The summed E-state index contributed by atoms with van der Waals surface area (Å²) in [5, 5.41) is 5.82. The first-order valence-electron chi connectivity index (χ1n) is 13.2. The zero-order chi connectivity index (χ0) is 27.1. The van der Waals surface area contributed by atoms with Crippen molar-refractivity contribution in [3.8, 4) is 0 Å². The summed E-state index contributed by atoms with van der Waals surface area (Å²) in [6.07, 6.45) is 6.32. The van der Waals surface area contributed by atoms with Crippen LogP contribution in [0.15, 0.2) is 24.3 Å². The number of alkyl carbamates (subject to hydrolysis) is 1. The van der Waals surface area contributed by atoms with E-state index in [1.165, 1.54) is 0 Å². The van der Waals surface area contributed by atoms with Gasteiger partial charge in [0.15, 0.2) is 0 Å². The fraction of sp³-hybridized carbons (Fsp3) is 0.679. The van der Waals surface area contributed by atoms with Crippen molar-refractivity contribution in [3.05, 3.63) is 35.4 Å². The van der Waals surface area contributed by atoms with Crippen molar-refractivity contribution in [3.63, 3.8) is 0 Å². The third-order valence-corrected chi connectivity index (χ3v) is 6.31. The molecule has 0 saturated heterocycles. The predicted molar refractivity (Wildman–Crippen MR) is 149 cm³/mol. The smallest absolute Gasteiger partial charge is 0.408 e. The van der Waals surface area contributed by atoms with E-state index < -0.39 is 23.8 Å². The molecule has 0 aliphatic rings. The number of amides is 3. The number of hydrogen-bond acceptors (Lipinski definition) is 5. The van der Waals surface area contributed by atoms with E-state index in [4.69, 9.17) is 4.74 Å². The van der Waals surface area contributed by atoms with E-state index >= 15 is 0 Å². The Morgan fingerprint density at radius 3 is 2.22 bits per heavy atom. The van der Waals surface area contributed by atoms with Crippen LogP contribution in [0.5, 0.6) is 0 Å². The molecule has 204 valence electrons. The van der Waals surface area contributed by atoms with Gasteiger partial charge in [-0.2, -0.15) is 11.8 Å². The van der Waals surface area contributed by atoms with Gasteiger partial charge in [-0.3, -0.25) is 9.59 Å². The lowest BCUT2D eigenvalue weighted by atomic mass is 10.0. The monoisotopic (exact) mass is 521 g/mol. The molecule has 2 atom stereocenters. The van der Waals surface area contributed by atoms with Gasteiger partial charge in [-0.15, -0.1) is 0 Å². The van der Waals surface area contributed by atoms with Crippen LogP contribution < -0.4 is 10.6 Å². The standard InChI is InChI=1S/C28H47N3O4S/c1-8-10-12-19-31(26(33)23(17-20-36-7)30-27(34)35-28(4,5)6)24(25(32)29-18-11-9-2)22-15-13-21(3)14-16-22/h13-16,23-24H,8-12,17-20H2,1-7H3,(H,29,32)(H,30,34). The number of hydrogen-bond donors (Lipinski definition) is 2. The van der Waals surface area contributed by atoms with E-state index in [0.717, 1.165) is 43.2 Å². The maximum atomic E-state index is 14.0. The molecule has 2 N–H and O–H groups in total. The number of carbonyl (C=O) groups is 3. The SMILES string of the molecule is CCCCCN(C(=O)C(CCSC)NC(=O)OC(C)(C)C)C(C(=O)NCCCC)c1ccc(C)cc1. The zero-order valence-electron chi connectivity index (χ0n) is 23.3. The second-order valence-electron chi connectivity index (χ2n) is 10.2. The third-order valence-electron chi connectivity index (χ3n) is 5.67. The van der Waals surface area contributed by atoms with Gasteiger partial charge in [-0.25, -0.2) is 4.79 Å². The lowest BCUT2D eigenvalue weighted by Gasteiger charge is -2.34. The van der Waals surface area contributed by atoms with Crippen molar-refractivity contribution in [2.45, 2.75) is 97.8 Å². The van der Waals surface area contributed by atoms with E-state index in [2.05, 4.69) is 24.5 Å². The number of carbonyl (C=O) groups excluding carboxylic acids is 3. The van der Waals surface area contributed by atoms with Crippen LogP contribution in [-0.2, 0) is 14.3 Å². The summed E-state index contributed by atoms with van der Waals surface area (Å²) >= 11 is 1.60. The van der Waals surface area contributed by atoms with Gasteiger partial charge >= 0.3 is 6.09 Å².